The molecule has 1 aliphatic rings. The van der Waals surface area contributed by atoms with Crippen LogP contribution in [0.3, 0.4) is 0 Å². The summed E-state index contributed by atoms with van der Waals surface area (Å²) in [7, 11) is 1.59. The molecule has 1 amide bonds. The van der Waals surface area contributed by atoms with Crippen LogP contribution in [-0.4, -0.2) is 19.1 Å². The Labute approximate surface area is 139 Å². The molecule has 4 nitrogen and oxygen atoms in total. The van der Waals surface area contributed by atoms with Gasteiger partial charge in [0, 0.05) is 29.3 Å². The van der Waals surface area contributed by atoms with Crippen molar-refractivity contribution in [1.82, 2.24) is 0 Å². The van der Waals surface area contributed by atoms with Crippen LogP contribution in [0.2, 0.25) is 0 Å². The van der Waals surface area contributed by atoms with Gasteiger partial charge in [-0.25, -0.2) is 4.39 Å². The van der Waals surface area contributed by atoms with Crippen molar-refractivity contribution in [1.29, 1.82) is 0 Å². The van der Waals surface area contributed by atoms with Gasteiger partial charge in [0.15, 0.2) is 0 Å². The lowest BCUT2D eigenvalue weighted by Crippen LogP contribution is -2.07. The van der Waals surface area contributed by atoms with E-state index in [0.29, 0.717) is 11.4 Å². The summed E-state index contributed by atoms with van der Waals surface area (Å²) >= 11 is 0. The van der Waals surface area contributed by atoms with Gasteiger partial charge in [0.2, 0.25) is 5.91 Å². The van der Waals surface area contributed by atoms with Gasteiger partial charge in [-0.15, -0.1) is 0 Å². The van der Waals surface area contributed by atoms with E-state index in [1.54, 1.807) is 19.3 Å². The number of fused-ring (bicyclic) bond motifs is 1. The Morgan fingerprint density at radius 2 is 2.21 bits per heavy atom. The second-order valence-corrected chi connectivity index (χ2v) is 5.67. The third kappa shape index (κ3) is 3.56. The number of amides is 1. The minimum atomic E-state index is -0.400. The third-order valence-electron chi connectivity index (χ3n) is 3.75. The summed E-state index contributed by atoms with van der Waals surface area (Å²) in [6.45, 7) is 2.01. The molecule has 0 aromatic heterocycles. The summed E-state index contributed by atoms with van der Waals surface area (Å²) in [6, 6.07) is 9.54. The van der Waals surface area contributed by atoms with Crippen LogP contribution in [0.15, 0.2) is 42.5 Å². The Kier molecular flexibility index (Phi) is 4.51. The Morgan fingerprint density at radius 3 is 2.96 bits per heavy atom. The summed E-state index contributed by atoms with van der Waals surface area (Å²) in [5, 5.41) is 2.61. The molecule has 124 valence electrons. The van der Waals surface area contributed by atoms with Crippen LogP contribution in [-0.2, 0) is 11.2 Å². The van der Waals surface area contributed by atoms with Crippen molar-refractivity contribution >= 4 is 17.7 Å². The van der Waals surface area contributed by atoms with Gasteiger partial charge in [-0.1, -0.05) is 6.07 Å². The van der Waals surface area contributed by atoms with Crippen LogP contribution < -0.4 is 14.8 Å². The summed E-state index contributed by atoms with van der Waals surface area (Å²) in [6.07, 6.45) is 4.02. The average Bonchev–Trinajstić information content (AvgIpc) is 2.90. The maximum atomic E-state index is 13.1. The molecule has 0 spiro atoms. The SMILES string of the molecule is COc1cc2c(cc1/C=C/C(=O)Nc1cccc(F)c1)OC(C)C2. The minimum Gasteiger partial charge on any atom is -0.496 e. The molecule has 0 radical (unpaired) electrons. The first-order valence-electron chi connectivity index (χ1n) is 7.67. The smallest absolute Gasteiger partial charge is 0.248 e. The highest BCUT2D eigenvalue weighted by Crippen LogP contribution is 2.35. The van der Waals surface area contributed by atoms with E-state index >= 15 is 0 Å². The zero-order valence-corrected chi connectivity index (χ0v) is 13.5. The zero-order valence-electron chi connectivity index (χ0n) is 13.5. The van der Waals surface area contributed by atoms with Crippen LogP contribution in [0.1, 0.15) is 18.1 Å². The van der Waals surface area contributed by atoms with Crippen molar-refractivity contribution in [3.63, 3.8) is 0 Å². The lowest BCUT2D eigenvalue weighted by Gasteiger charge is -2.08. The predicted octanol–water partition coefficient (Wildman–Crippen LogP) is 3.81. The van der Waals surface area contributed by atoms with Crippen molar-refractivity contribution in [3.8, 4) is 11.5 Å². The van der Waals surface area contributed by atoms with Crippen molar-refractivity contribution in [2.24, 2.45) is 0 Å². The predicted molar refractivity (Wildman–Crippen MR) is 90.9 cm³/mol. The second-order valence-electron chi connectivity index (χ2n) is 5.67. The number of carbonyl (C=O) groups is 1. The molecular weight excluding hydrogens is 309 g/mol. The van der Waals surface area contributed by atoms with Gasteiger partial charge in [-0.3, -0.25) is 4.79 Å². The average molecular weight is 327 g/mol. The number of methoxy groups -OCH3 is 1. The van der Waals surface area contributed by atoms with Crippen molar-refractivity contribution in [2.45, 2.75) is 19.4 Å². The molecule has 2 aromatic rings. The molecule has 0 saturated heterocycles. The van der Waals surface area contributed by atoms with Crippen LogP contribution in [0.5, 0.6) is 11.5 Å². The number of ether oxygens (including phenoxy) is 2. The van der Waals surface area contributed by atoms with Crippen LogP contribution in [0.4, 0.5) is 10.1 Å². The minimum absolute atomic E-state index is 0.139. The molecule has 1 heterocycles. The summed E-state index contributed by atoms with van der Waals surface area (Å²) in [4.78, 5) is 12.0. The first-order chi connectivity index (χ1) is 11.5. The van der Waals surface area contributed by atoms with E-state index in [1.165, 1.54) is 24.3 Å². The number of hydrogen-bond acceptors (Lipinski definition) is 3. The van der Waals surface area contributed by atoms with Gasteiger partial charge >= 0.3 is 0 Å². The molecule has 1 N–H and O–H groups in total. The lowest BCUT2D eigenvalue weighted by atomic mass is 10.1. The number of benzene rings is 2. The van der Waals surface area contributed by atoms with Crippen molar-refractivity contribution in [3.05, 3.63) is 59.4 Å². The third-order valence-corrected chi connectivity index (χ3v) is 3.75. The molecule has 0 fully saturated rings. The van der Waals surface area contributed by atoms with E-state index in [4.69, 9.17) is 9.47 Å². The molecule has 1 aliphatic heterocycles. The Bertz CT molecular complexity index is 801. The molecule has 0 aliphatic carbocycles. The van der Waals surface area contributed by atoms with E-state index in [2.05, 4.69) is 5.32 Å². The fraction of sp³-hybridized carbons (Fsp3) is 0.211. The molecule has 1 atom stereocenters. The molecule has 0 saturated carbocycles. The fourth-order valence-electron chi connectivity index (χ4n) is 2.68. The molecule has 1 unspecified atom stereocenters. The van der Waals surface area contributed by atoms with Gasteiger partial charge in [0.1, 0.15) is 23.4 Å². The zero-order chi connectivity index (χ0) is 17.1. The molecule has 2 aromatic carbocycles. The number of halogens is 1. The molecule has 24 heavy (non-hydrogen) atoms. The highest BCUT2D eigenvalue weighted by atomic mass is 19.1. The molecule has 3 rings (SSSR count). The van der Waals surface area contributed by atoms with E-state index in [1.807, 2.05) is 19.1 Å². The van der Waals surface area contributed by atoms with E-state index in [9.17, 15) is 9.18 Å². The first kappa shape index (κ1) is 16.1. The maximum absolute atomic E-state index is 13.1. The van der Waals surface area contributed by atoms with E-state index in [-0.39, 0.29) is 12.0 Å². The van der Waals surface area contributed by atoms with Crippen LogP contribution >= 0.6 is 0 Å². The second kappa shape index (κ2) is 6.74. The molecule has 0 bridgehead atoms. The standard InChI is InChI=1S/C19H18FNO3/c1-12-8-14-10-17(23-2)13(9-18(14)24-12)6-7-19(22)21-16-5-3-4-15(20)11-16/h3-7,9-12H,8H2,1-2H3,(H,21,22)/b7-6+. The number of anilines is 1. The van der Waals surface area contributed by atoms with Gasteiger partial charge in [0.05, 0.1) is 7.11 Å². The van der Waals surface area contributed by atoms with E-state index < -0.39 is 5.82 Å². The van der Waals surface area contributed by atoms with Crippen molar-refractivity contribution < 1.29 is 18.7 Å². The number of carbonyl (C=O) groups excluding carboxylic acids is 1. The lowest BCUT2D eigenvalue weighted by molar-refractivity contribution is -0.111. The summed E-state index contributed by atoms with van der Waals surface area (Å²) < 4.78 is 24.2. The topological polar surface area (TPSA) is 47.6 Å². The van der Waals surface area contributed by atoms with Gasteiger partial charge in [-0.05, 0) is 43.3 Å². The van der Waals surface area contributed by atoms with Crippen LogP contribution in [0.25, 0.3) is 6.08 Å². The highest BCUT2D eigenvalue weighted by molar-refractivity contribution is 6.02. The summed E-state index contributed by atoms with van der Waals surface area (Å²) in [5.74, 6) is 0.746. The van der Waals surface area contributed by atoms with Crippen molar-refractivity contribution in [2.75, 3.05) is 12.4 Å². The van der Waals surface area contributed by atoms with Gasteiger partial charge in [-0.2, -0.15) is 0 Å². The van der Waals surface area contributed by atoms with Gasteiger partial charge < -0.3 is 14.8 Å². The summed E-state index contributed by atoms with van der Waals surface area (Å²) in [5.41, 5.74) is 2.25. The number of nitrogens with one attached hydrogen (secondary N) is 1. The molecule has 5 heteroatoms. The highest BCUT2D eigenvalue weighted by Gasteiger charge is 2.21. The largest absolute Gasteiger partial charge is 0.496 e. The fourth-order valence-corrected chi connectivity index (χ4v) is 2.68. The Hall–Kier alpha value is -2.82. The quantitative estimate of drug-likeness (QED) is 0.869. The monoisotopic (exact) mass is 327 g/mol. The number of rotatable bonds is 4. The number of hydrogen-bond donors (Lipinski definition) is 1. The maximum Gasteiger partial charge on any atom is 0.248 e. The normalized spacial score (nSPS) is 15.9. The Balaban J connectivity index is 1.76. The Morgan fingerprint density at radius 1 is 1.38 bits per heavy atom. The molecular formula is C19H18FNO3. The van der Waals surface area contributed by atoms with Gasteiger partial charge in [0.25, 0.3) is 0 Å². The van der Waals surface area contributed by atoms with Crippen LogP contribution in [0, 0.1) is 5.82 Å². The first-order valence-corrected chi connectivity index (χ1v) is 7.67. The van der Waals surface area contributed by atoms with E-state index in [0.717, 1.165) is 23.3 Å².